The predicted molar refractivity (Wildman–Crippen MR) is 58.0 cm³/mol. The number of fused-ring (bicyclic) bond motifs is 1. The zero-order valence-electron chi connectivity index (χ0n) is 7.70. The molecule has 5 heteroatoms. The fourth-order valence-corrected chi connectivity index (χ4v) is 1.92. The lowest BCUT2D eigenvalue weighted by molar-refractivity contribution is 0.181. The number of nitrogens with two attached hydrogens (primary N) is 1. The number of methoxy groups -OCH3 is 1. The van der Waals surface area contributed by atoms with Crippen molar-refractivity contribution < 1.29 is 4.74 Å². The minimum Gasteiger partial charge on any atom is -0.395 e. The van der Waals surface area contributed by atoms with Gasteiger partial charge in [0.05, 0.1) is 12.3 Å². The molecule has 2 rings (SSSR count). The lowest BCUT2D eigenvalue weighted by Crippen LogP contribution is -1.93. The molecule has 0 spiro atoms. The van der Waals surface area contributed by atoms with Crippen LogP contribution in [0.1, 0.15) is 5.69 Å². The van der Waals surface area contributed by atoms with Crippen molar-refractivity contribution in [1.29, 1.82) is 0 Å². The molecule has 0 saturated carbocycles. The summed E-state index contributed by atoms with van der Waals surface area (Å²) in [6.07, 6.45) is 1.86. The smallest absolute Gasteiger partial charge is 0.112 e. The second-order valence-electron chi connectivity index (χ2n) is 2.94. The average molecular weight is 256 g/mol. The van der Waals surface area contributed by atoms with E-state index in [9.17, 15) is 0 Å². The first kappa shape index (κ1) is 9.48. The molecule has 2 aromatic heterocycles. The van der Waals surface area contributed by atoms with Crippen LogP contribution >= 0.6 is 15.9 Å². The van der Waals surface area contributed by atoms with Crippen molar-refractivity contribution in [3.63, 3.8) is 0 Å². The molecule has 4 nitrogen and oxygen atoms in total. The zero-order chi connectivity index (χ0) is 10.1. The van der Waals surface area contributed by atoms with E-state index in [2.05, 4.69) is 21.0 Å². The Labute approximate surface area is 89.8 Å². The van der Waals surface area contributed by atoms with Gasteiger partial charge in [-0.2, -0.15) is 5.10 Å². The van der Waals surface area contributed by atoms with E-state index in [0.29, 0.717) is 12.3 Å². The highest BCUT2D eigenvalue weighted by Crippen LogP contribution is 2.26. The van der Waals surface area contributed by atoms with Crippen LogP contribution in [-0.2, 0) is 11.3 Å². The van der Waals surface area contributed by atoms with Crippen molar-refractivity contribution in [1.82, 2.24) is 9.61 Å². The van der Waals surface area contributed by atoms with E-state index >= 15 is 0 Å². The lowest BCUT2D eigenvalue weighted by atomic mass is 10.3. The summed E-state index contributed by atoms with van der Waals surface area (Å²) < 4.78 is 7.69. The molecular weight excluding hydrogens is 246 g/mol. The van der Waals surface area contributed by atoms with Gasteiger partial charge in [0.1, 0.15) is 11.2 Å². The standard InChI is InChI=1S/C9H10BrN3O/c1-14-5-7-8(11)9-6(10)3-2-4-13(9)12-7/h2-4H,5,11H2,1H3. The van der Waals surface area contributed by atoms with Crippen LogP contribution in [0.3, 0.4) is 0 Å². The van der Waals surface area contributed by atoms with Gasteiger partial charge in [0.2, 0.25) is 0 Å². The molecule has 0 aliphatic carbocycles. The van der Waals surface area contributed by atoms with Crippen LogP contribution in [0.15, 0.2) is 22.8 Å². The maximum Gasteiger partial charge on any atom is 0.112 e. The monoisotopic (exact) mass is 255 g/mol. The minimum absolute atomic E-state index is 0.431. The summed E-state index contributed by atoms with van der Waals surface area (Å²) in [4.78, 5) is 0. The van der Waals surface area contributed by atoms with Gasteiger partial charge in [-0.25, -0.2) is 4.52 Å². The third-order valence-corrected chi connectivity index (χ3v) is 2.64. The number of aromatic nitrogens is 2. The Hall–Kier alpha value is -1.07. The summed E-state index contributed by atoms with van der Waals surface area (Å²) in [7, 11) is 1.62. The van der Waals surface area contributed by atoms with Crippen LogP contribution in [0, 0.1) is 0 Å². The number of pyridine rings is 1. The third kappa shape index (κ3) is 1.38. The summed E-state index contributed by atoms with van der Waals surface area (Å²) in [5.41, 5.74) is 8.25. The summed E-state index contributed by atoms with van der Waals surface area (Å²) in [5.74, 6) is 0. The number of halogens is 1. The fraction of sp³-hybridized carbons (Fsp3) is 0.222. The number of anilines is 1. The molecule has 74 valence electrons. The Balaban J connectivity index is 2.68. The SMILES string of the molecule is COCc1nn2cccc(Br)c2c1N. The normalized spacial score (nSPS) is 11.0. The first-order valence-electron chi connectivity index (χ1n) is 4.14. The molecule has 0 unspecified atom stereocenters. The van der Waals surface area contributed by atoms with Crippen LogP contribution in [0.5, 0.6) is 0 Å². The number of nitrogens with zero attached hydrogens (tertiary/aromatic N) is 2. The molecule has 2 aromatic rings. The Morgan fingerprint density at radius 3 is 3.07 bits per heavy atom. The Bertz CT molecular complexity index is 466. The summed E-state index contributed by atoms with van der Waals surface area (Å²) in [6, 6.07) is 3.84. The maximum absolute atomic E-state index is 5.93. The van der Waals surface area contributed by atoms with E-state index < -0.39 is 0 Å². The molecule has 0 saturated heterocycles. The van der Waals surface area contributed by atoms with Gasteiger partial charge < -0.3 is 10.5 Å². The quantitative estimate of drug-likeness (QED) is 0.891. The van der Waals surface area contributed by atoms with Gasteiger partial charge >= 0.3 is 0 Å². The van der Waals surface area contributed by atoms with Crippen LogP contribution < -0.4 is 5.73 Å². The van der Waals surface area contributed by atoms with Crippen molar-refractivity contribution in [2.75, 3.05) is 12.8 Å². The van der Waals surface area contributed by atoms with E-state index in [4.69, 9.17) is 10.5 Å². The zero-order valence-corrected chi connectivity index (χ0v) is 9.28. The lowest BCUT2D eigenvalue weighted by Gasteiger charge is -1.96. The fourth-order valence-electron chi connectivity index (χ4n) is 1.37. The van der Waals surface area contributed by atoms with E-state index in [1.54, 1.807) is 11.6 Å². The van der Waals surface area contributed by atoms with Crippen LogP contribution in [0.25, 0.3) is 5.52 Å². The third-order valence-electron chi connectivity index (χ3n) is 2.00. The molecule has 2 heterocycles. The molecule has 0 atom stereocenters. The second-order valence-corrected chi connectivity index (χ2v) is 3.80. The number of hydrogen-bond donors (Lipinski definition) is 1. The second kappa shape index (κ2) is 3.59. The number of rotatable bonds is 2. The molecule has 2 N–H and O–H groups in total. The van der Waals surface area contributed by atoms with Gasteiger partial charge in [0, 0.05) is 17.8 Å². The highest BCUT2D eigenvalue weighted by Gasteiger charge is 2.11. The molecule has 0 bridgehead atoms. The molecular formula is C9H10BrN3O. The van der Waals surface area contributed by atoms with Gasteiger partial charge in [-0.15, -0.1) is 0 Å². The predicted octanol–water partition coefficient (Wildman–Crippen LogP) is 1.83. The van der Waals surface area contributed by atoms with Gasteiger partial charge in [-0.1, -0.05) is 0 Å². The maximum atomic E-state index is 5.93. The van der Waals surface area contributed by atoms with Crippen LogP contribution in [0.2, 0.25) is 0 Å². The van der Waals surface area contributed by atoms with Crippen molar-refractivity contribution in [2.24, 2.45) is 0 Å². The van der Waals surface area contributed by atoms with Gasteiger partial charge in [0.15, 0.2) is 0 Å². The van der Waals surface area contributed by atoms with Gasteiger partial charge in [-0.3, -0.25) is 0 Å². The highest BCUT2D eigenvalue weighted by atomic mass is 79.9. The Morgan fingerprint density at radius 2 is 2.43 bits per heavy atom. The van der Waals surface area contributed by atoms with Crippen LogP contribution in [-0.4, -0.2) is 16.7 Å². The van der Waals surface area contributed by atoms with Gasteiger partial charge in [-0.05, 0) is 28.1 Å². The molecule has 0 amide bonds. The number of ether oxygens (including phenoxy) is 1. The summed E-state index contributed by atoms with van der Waals surface area (Å²) >= 11 is 3.43. The molecule has 0 fully saturated rings. The summed E-state index contributed by atoms with van der Waals surface area (Å²) in [6.45, 7) is 0.431. The van der Waals surface area contributed by atoms with Crippen LogP contribution in [0.4, 0.5) is 5.69 Å². The van der Waals surface area contributed by atoms with E-state index in [-0.39, 0.29) is 0 Å². The van der Waals surface area contributed by atoms with Gasteiger partial charge in [0.25, 0.3) is 0 Å². The average Bonchev–Trinajstić information content (AvgIpc) is 2.46. The van der Waals surface area contributed by atoms with Crippen molar-refractivity contribution in [3.8, 4) is 0 Å². The molecule has 0 aliphatic heterocycles. The molecule has 0 aromatic carbocycles. The number of nitrogen functional groups attached to an aromatic ring is 1. The van der Waals surface area contributed by atoms with E-state index in [0.717, 1.165) is 15.7 Å². The molecule has 0 radical (unpaired) electrons. The van der Waals surface area contributed by atoms with Crippen molar-refractivity contribution in [3.05, 3.63) is 28.5 Å². The highest BCUT2D eigenvalue weighted by molar-refractivity contribution is 9.10. The van der Waals surface area contributed by atoms with Crippen molar-refractivity contribution >= 4 is 27.1 Å². The Kier molecular flexibility index (Phi) is 2.43. The number of hydrogen-bond acceptors (Lipinski definition) is 3. The topological polar surface area (TPSA) is 52.5 Å². The molecule has 14 heavy (non-hydrogen) atoms. The Morgan fingerprint density at radius 1 is 1.64 bits per heavy atom. The first-order chi connectivity index (χ1) is 6.74. The van der Waals surface area contributed by atoms with E-state index in [1.807, 2.05) is 18.3 Å². The first-order valence-corrected chi connectivity index (χ1v) is 4.93. The minimum atomic E-state index is 0.431. The van der Waals surface area contributed by atoms with E-state index in [1.165, 1.54) is 0 Å². The summed E-state index contributed by atoms with van der Waals surface area (Å²) in [5, 5.41) is 4.30. The van der Waals surface area contributed by atoms with Crippen molar-refractivity contribution in [2.45, 2.75) is 6.61 Å². The largest absolute Gasteiger partial charge is 0.395 e. The molecule has 0 aliphatic rings.